The molecule has 2 heterocycles. The Balaban J connectivity index is 0.000000375. The van der Waals surface area contributed by atoms with Crippen LogP contribution in [0.15, 0.2) is 133 Å². The summed E-state index contributed by atoms with van der Waals surface area (Å²) in [5.41, 5.74) is 5.43. The number of carbonyl (C=O) groups is 5. The van der Waals surface area contributed by atoms with Gasteiger partial charge in [0.05, 0.1) is 43.3 Å². The second-order valence-electron chi connectivity index (χ2n) is 14.4. The summed E-state index contributed by atoms with van der Waals surface area (Å²) < 4.78 is 10.2. The number of hydrogen-bond donors (Lipinski definition) is 3. The Bertz CT molecular complexity index is 2670. The zero-order valence-corrected chi connectivity index (χ0v) is 48.6. The first-order valence-corrected chi connectivity index (χ1v) is 22.8. The molecule has 0 aliphatic carbocycles. The number of rotatable bonds is 10. The van der Waals surface area contributed by atoms with E-state index in [0.29, 0.717) is 55.6 Å². The third-order valence-electron chi connectivity index (χ3n) is 10.1. The van der Waals surface area contributed by atoms with Gasteiger partial charge in [0, 0.05) is 38.3 Å². The number of benzene rings is 6. The first-order chi connectivity index (χ1) is 32.3. The topological polar surface area (TPSA) is 175 Å². The molecule has 69 heavy (non-hydrogen) atoms. The van der Waals surface area contributed by atoms with E-state index in [1.807, 2.05) is 84.9 Å². The average Bonchev–Trinajstić information content (AvgIpc) is 3.51. The fourth-order valence-electron chi connectivity index (χ4n) is 6.71. The summed E-state index contributed by atoms with van der Waals surface area (Å²) in [6.45, 7) is 0.117. The van der Waals surface area contributed by atoms with Gasteiger partial charge in [0.15, 0.2) is 0 Å². The van der Waals surface area contributed by atoms with Crippen molar-refractivity contribution in [3.8, 4) is 11.5 Å². The van der Waals surface area contributed by atoms with E-state index in [9.17, 15) is 19.2 Å². The zero-order chi connectivity index (χ0) is 48.5. The van der Waals surface area contributed by atoms with Crippen LogP contribution in [0.2, 0.25) is 20.1 Å². The fraction of sp³-hybridized carbons (Fsp3) is 0.163. The molecule has 2 atom stereocenters. The van der Waals surface area contributed by atoms with Crippen molar-refractivity contribution < 1.29 is 148 Å². The standard InChI is InChI=1S/C24H20Cl2N2O3.C16H12Cl2N2O2.C8H9BrO.CH2O3.2K.H/c1-31-18-9-6-15(7-10-18)14-28-22-11-8-17(25)13-19(22)23(29)27-21(24(28)30)12-16-4-2-3-5-20(16)26;17-10-5-6-13-11(8-10)15(21)20-14(16(22)19-13)7-9-3-1-2-4-12(9)18;1-10-8-4-2-7(6-9)3-5-8;2-1-4-3;;;/h2-11,13,21H,12,14H2,1H3,(H,27,29);1-6,8,14H,7H2,(H,19,22)(H,20,21);2-5H,6H2,1H3;1,3H;;;/q;;;;2*+1;-1/p-1. The second kappa shape index (κ2) is 30.9. The molecule has 13 nitrogen and oxygen atoms in total. The van der Waals surface area contributed by atoms with Crippen molar-refractivity contribution in [1.29, 1.82) is 0 Å². The van der Waals surface area contributed by atoms with Crippen molar-refractivity contribution >= 4 is 104 Å². The maximum absolute atomic E-state index is 13.6. The van der Waals surface area contributed by atoms with Crippen LogP contribution in [0.5, 0.6) is 11.5 Å². The van der Waals surface area contributed by atoms with E-state index in [0.717, 1.165) is 33.5 Å². The summed E-state index contributed by atoms with van der Waals surface area (Å²) in [5, 5.41) is 19.6. The Morgan fingerprint density at radius 1 is 0.652 bits per heavy atom. The van der Waals surface area contributed by atoms with Crippen LogP contribution in [0.3, 0.4) is 0 Å². The molecule has 0 fully saturated rings. The Labute approximate surface area is 514 Å². The molecule has 0 bridgehead atoms. The summed E-state index contributed by atoms with van der Waals surface area (Å²) in [7, 11) is 3.27. The number of carbonyl (C=O) groups excluding carboxylic acids is 5. The van der Waals surface area contributed by atoms with Crippen LogP contribution in [0.4, 0.5) is 11.4 Å². The Morgan fingerprint density at radius 3 is 1.62 bits per heavy atom. The molecule has 0 radical (unpaired) electrons. The van der Waals surface area contributed by atoms with Crippen molar-refractivity contribution in [2.75, 3.05) is 24.4 Å². The summed E-state index contributed by atoms with van der Waals surface area (Å²) in [6, 6.07) is 38.3. The van der Waals surface area contributed by atoms with E-state index in [2.05, 4.69) is 36.8 Å². The smallest absolute Gasteiger partial charge is 1.00 e. The van der Waals surface area contributed by atoms with Crippen LogP contribution >= 0.6 is 62.3 Å². The summed E-state index contributed by atoms with van der Waals surface area (Å²) in [5.74, 6) is 0.448. The monoisotopic (exact) mass is 1130 g/mol. The molecule has 0 spiro atoms. The predicted octanol–water partition coefficient (Wildman–Crippen LogP) is 3.32. The number of amides is 4. The summed E-state index contributed by atoms with van der Waals surface area (Å²) in [6.07, 6.45) is 0.601. The van der Waals surface area contributed by atoms with Crippen molar-refractivity contribution in [1.82, 2.24) is 10.6 Å². The molecular weight excluding hydrogens is 1090 g/mol. The molecule has 0 aromatic heterocycles. The number of ether oxygens (including phenoxy) is 2. The number of hydrogen-bond acceptors (Lipinski definition) is 9. The van der Waals surface area contributed by atoms with Gasteiger partial charge >= 0.3 is 103 Å². The Morgan fingerprint density at radius 2 is 1.12 bits per heavy atom. The van der Waals surface area contributed by atoms with Crippen LogP contribution in [-0.4, -0.2) is 56.4 Å². The molecule has 2 aliphatic heterocycles. The number of nitrogens with zero attached hydrogens (tertiary/aromatic N) is 1. The molecule has 8 rings (SSSR count). The molecule has 3 N–H and O–H groups in total. The van der Waals surface area contributed by atoms with Crippen molar-refractivity contribution in [2.45, 2.75) is 36.8 Å². The van der Waals surface area contributed by atoms with E-state index < -0.39 is 12.1 Å². The SMILES string of the molecule is COc1ccc(CBr)cc1.COc1ccc(CN2C(=O)C(Cc3ccccc3Cl)NC(=O)c3cc(Cl)ccc32)cc1.O=C1NC(Cc2ccccc2Cl)C(=O)Nc2ccc(Cl)cc21.O=CO[O-].[H-].[K+].[K+]. The molecule has 350 valence electrons. The third-order valence-corrected chi connectivity index (χ3v) is 11.9. The van der Waals surface area contributed by atoms with Crippen LogP contribution in [0.25, 0.3) is 0 Å². The molecule has 2 aliphatic rings. The molecular formula is C49H43BrCl4K2N4O9. The van der Waals surface area contributed by atoms with Gasteiger partial charge in [-0.15, -0.1) is 0 Å². The molecule has 0 saturated heterocycles. The normalized spacial score (nSPS) is 14.3. The van der Waals surface area contributed by atoms with Gasteiger partial charge in [-0.05, 0) is 95.1 Å². The van der Waals surface area contributed by atoms with Crippen LogP contribution in [0.1, 0.15) is 44.4 Å². The van der Waals surface area contributed by atoms with Crippen LogP contribution < -0.4 is 138 Å². The number of fused-ring (bicyclic) bond motifs is 2. The molecule has 6 aromatic rings. The van der Waals surface area contributed by atoms with Crippen molar-refractivity contribution in [2.24, 2.45) is 0 Å². The van der Waals surface area contributed by atoms with E-state index in [4.69, 9.17) is 65.9 Å². The second-order valence-corrected chi connectivity index (χ2v) is 16.7. The minimum absolute atomic E-state index is 0. The van der Waals surface area contributed by atoms with Gasteiger partial charge in [0.1, 0.15) is 23.6 Å². The number of methoxy groups -OCH3 is 2. The third kappa shape index (κ3) is 18.0. The first kappa shape index (κ1) is 60.4. The fourth-order valence-corrected chi connectivity index (χ4v) is 7.85. The number of alkyl halides is 1. The van der Waals surface area contributed by atoms with Gasteiger partial charge < -0.3 is 41.9 Å². The number of nitrogens with one attached hydrogen (secondary N) is 3. The van der Waals surface area contributed by atoms with Gasteiger partial charge in [-0.2, -0.15) is 0 Å². The Kier molecular flexibility index (Phi) is 27.1. The minimum Gasteiger partial charge on any atom is -1.00 e. The van der Waals surface area contributed by atoms with Gasteiger partial charge in [-0.3, -0.25) is 24.0 Å². The average molecular weight is 1130 g/mol. The minimum atomic E-state index is -0.767. The molecule has 4 amide bonds. The molecule has 0 saturated carbocycles. The summed E-state index contributed by atoms with van der Waals surface area (Å²) >= 11 is 27.8. The quantitative estimate of drug-likeness (QED) is 0.0612. The zero-order valence-electron chi connectivity index (χ0n) is 38.8. The maximum Gasteiger partial charge on any atom is 1.00 e. The molecule has 6 aromatic carbocycles. The van der Waals surface area contributed by atoms with Gasteiger partial charge in [0.2, 0.25) is 11.8 Å². The number of halogens is 5. The van der Waals surface area contributed by atoms with E-state index in [1.54, 1.807) is 61.6 Å². The Hall–Kier alpha value is -2.86. The van der Waals surface area contributed by atoms with Gasteiger partial charge in [0.25, 0.3) is 18.3 Å². The first-order valence-electron chi connectivity index (χ1n) is 20.1. The van der Waals surface area contributed by atoms with Crippen molar-refractivity contribution in [3.63, 3.8) is 0 Å². The van der Waals surface area contributed by atoms with E-state index in [1.165, 1.54) is 11.6 Å². The van der Waals surface area contributed by atoms with E-state index in [-0.39, 0.29) is 141 Å². The van der Waals surface area contributed by atoms with Gasteiger partial charge in [-0.1, -0.05) is 123 Å². The largest absolute Gasteiger partial charge is 1.00 e. The van der Waals surface area contributed by atoms with Crippen LogP contribution in [-0.2, 0) is 44.0 Å². The molecule has 20 heteroatoms. The van der Waals surface area contributed by atoms with Gasteiger partial charge in [-0.25, -0.2) is 0 Å². The maximum atomic E-state index is 13.6. The van der Waals surface area contributed by atoms with Crippen LogP contribution in [0, 0.1) is 0 Å². The molecule has 2 unspecified atom stereocenters. The van der Waals surface area contributed by atoms with E-state index >= 15 is 0 Å². The predicted molar refractivity (Wildman–Crippen MR) is 262 cm³/mol. The van der Waals surface area contributed by atoms with Crippen molar-refractivity contribution in [3.05, 3.63) is 187 Å². The summed E-state index contributed by atoms with van der Waals surface area (Å²) in [4.78, 5) is 64.0. The number of anilines is 2.